The topological polar surface area (TPSA) is 21.3 Å². The Morgan fingerprint density at radius 3 is 3.18 bits per heavy atom. The highest BCUT2D eigenvalue weighted by Crippen LogP contribution is 2.22. The lowest BCUT2D eigenvalue weighted by Crippen LogP contribution is -2.48. The van der Waals surface area contributed by atoms with Crippen molar-refractivity contribution in [2.75, 3.05) is 6.61 Å². The number of ether oxygens (including phenoxy) is 1. The zero-order valence-electron chi connectivity index (χ0n) is 6.25. The molecule has 0 aromatic carbocycles. The van der Waals surface area contributed by atoms with Gasteiger partial charge in [0.2, 0.25) is 0 Å². The van der Waals surface area contributed by atoms with Crippen LogP contribution >= 0.6 is 12.2 Å². The summed E-state index contributed by atoms with van der Waals surface area (Å²) in [6.07, 6.45) is 6.65. The highest BCUT2D eigenvalue weighted by Gasteiger charge is 2.27. The van der Waals surface area contributed by atoms with E-state index in [1.807, 2.05) is 0 Å². The van der Waals surface area contributed by atoms with Gasteiger partial charge in [0.15, 0.2) is 0 Å². The SMILES string of the molecule is S=C1NC2CC=CCC2CO1. The van der Waals surface area contributed by atoms with Crippen LogP contribution < -0.4 is 5.32 Å². The minimum atomic E-state index is 0.529. The standard InChI is InChI=1S/C8H11NOS/c11-8-9-7-4-2-1-3-6(7)5-10-8/h1-2,6-7H,3-5H2,(H,9,11). The second-order valence-corrected chi connectivity index (χ2v) is 3.42. The maximum atomic E-state index is 5.23. The van der Waals surface area contributed by atoms with Gasteiger partial charge in [0.05, 0.1) is 6.61 Å². The summed E-state index contributed by atoms with van der Waals surface area (Å²) < 4.78 is 5.23. The Kier molecular flexibility index (Phi) is 1.82. The van der Waals surface area contributed by atoms with E-state index in [4.69, 9.17) is 17.0 Å². The molecule has 11 heavy (non-hydrogen) atoms. The largest absolute Gasteiger partial charge is 0.471 e. The first-order valence-electron chi connectivity index (χ1n) is 3.94. The van der Waals surface area contributed by atoms with E-state index in [9.17, 15) is 0 Å². The third-order valence-corrected chi connectivity index (χ3v) is 2.53. The number of allylic oxidation sites excluding steroid dienone is 1. The van der Waals surface area contributed by atoms with Gasteiger partial charge in [-0.25, -0.2) is 0 Å². The maximum absolute atomic E-state index is 5.23. The number of nitrogens with one attached hydrogen (secondary N) is 1. The van der Waals surface area contributed by atoms with Crippen LogP contribution in [0.5, 0.6) is 0 Å². The van der Waals surface area contributed by atoms with Crippen LogP contribution in [0.4, 0.5) is 0 Å². The molecule has 0 radical (unpaired) electrons. The second kappa shape index (κ2) is 2.81. The number of hydrogen-bond donors (Lipinski definition) is 1. The highest BCUT2D eigenvalue weighted by atomic mass is 32.1. The van der Waals surface area contributed by atoms with Gasteiger partial charge in [-0.1, -0.05) is 12.2 Å². The van der Waals surface area contributed by atoms with Crippen LogP contribution in [0, 0.1) is 5.92 Å². The molecular weight excluding hydrogens is 158 g/mol. The van der Waals surface area contributed by atoms with Crippen LogP contribution in [-0.2, 0) is 4.74 Å². The Hall–Kier alpha value is -0.570. The van der Waals surface area contributed by atoms with Gasteiger partial charge in [0.25, 0.3) is 5.17 Å². The van der Waals surface area contributed by atoms with Crippen LogP contribution in [0.25, 0.3) is 0 Å². The number of hydrogen-bond acceptors (Lipinski definition) is 2. The Labute approximate surface area is 71.6 Å². The lowest BCUT2D eigenvalue weighted by Gasteiger charge is -2.34. The lowest BCUT2D eigenvalue weighted by molar-refractivity contribution is 0.160. The summed E-state index contributed by atoms with van der Waals surface area (Å²) in [5, 5.41) is 3.75. The molecule has 3 heteroatoms. The van der Waals surface area contributed by atoms with Gasteiger partial charge in [-0.2, -0.15) is 0 Å². The summed E-state index contributed by atoms with van der Waals surface area (Å²) in [6, 6.07) is 0.529. The Morgan fingerprint density at radius 2 is 2.27 bits per heavy atom. The molecule has 1 aliphatic heterocycles. The molecule has 2 rings (SSSR count). The quantitative estimate of drug-likeness (QED) is 0.435. The third kappa shape index (κ3) is 1.38. The van der Waals surface area contributed by atoms with E-state index in [1.165, 1.54) is 0 Å². The molecule has 0 aromatic heterocycles. The normalized spacial score (nSPS) is 35.5. The van der Waals surface area contributed by atoms with Gasteiger partial charge in [0, 0.05) is 12.0 Å². The number of rotatable bonds is 0. The van der Waals surface area contributed by atoms with Gasteiger partial charge in [-0.15, -0.1) is 0 Å². The van der Waals surface area contributed by atoms with E-state index in [2.05, 4.69) is 17.5 Å². The molecule has 2 aliphatic rings. The number of thiocarbonyl (C=S) groups is 1. The minimum Gasteiger partial charge on any atom is -0.471 e. The van der Waals surface area contributed by atoms with Crippen LogP contribution in [0.2, 0.25) is 0 Å². The van der Waals surface area contributed by atoms with Crippen molar-refractivity contribution >= 4 is 17.4 Å². The molecule has 0 saturated carbocycles. The fourth-order valence-corrected chi connectivity index (χ4v) is 1.83. The van der Waals surface area contributed by atoms with Crippen molar-refractivity contribution in [1.82, 2.24) is 5.32 Å². The van der Waals surface area contributed by atoms with E-state index >= 15 is 0 Å². The van der Waals surface area contributed by atoms with Crippen LogP contribution in [-0.4, -0.2) is 17.8 Å². The van der Waals surface area contributed by atoms with E-state index in [0.29, 0.717) is 17.1 Å². The molecule has 60 valence electrons. The first-order chi connectivity index (χ1) is 5.36. The molecular formula is C8H11NOS. The lowest BCUT2D eigenvalue weighted by atomic mass is 9.89. The molecule has 1 saturated heterocycles. The summed E-state index contributed by atoms with van der Waals surface area (Å²) in [4.78, 5) is 0. The van der Waals surface area contributed by atoms with E-state index in [0.717, 1.165) is 19.4 Å². The molecule has 1 aliphatic carbocycles. The summed E-state index contributed by atoms with van der Waals surface area (Å²) in [5.74, 6) is 0.631. The fourth-order valence-electron chi connectivity index (χ4n) is 1.61. The average molecular weight is 169 g/mol. The van der Waals surface area contributed by atoms with Gasteiger partial charge in [-0.3, -0.25) is 0 Å². The molecule has 2 unspecified atom stereocenters. The molecule has 0 aromatic rings. The highest BCUT2D eigenvalue weighted by molar-refractivity contribution is 7.80. The molecule has 0 bridgehead atoms. The summed E-state index contributed by atoms with van der Waals surface area (Å²) in [5.41, 5.74) is 0. The maximum Gasteiger partial charge on any atom is 0.256 e. The molecule has 1 fully saturated rings. The van der Waals surface area contributed by atoms with Crippen LogP contribution in [0.3, 0.4) is 0 Å². The summed E-state index contributed by atoms with van der Waals surface area (Å²) >= 11 is 4.92. The average Bonchev–Trinajstić information content (AvgIpc) is 2.04. The predicted molar refractivity (Wildman–Crippen MR) is 47.3 cm³/mol. The second-order valence-electron chi connectivity index (χ2n) is 3.05. The van der Waals surface area contributed by atoms with Crippen molar-refractivity contribution in [3.8, 4) is 0 Å². The Morgan fingerprint density at radius 1 is 1.45 bits per heavy atom. The van der Waals surface area contributed by atoms with Gasteiger partial charge in [0.1, 0.15) is 0 Å². The van der Waals surface area contributed by atoms with Crippen molar-refractivity contribution in [3.63, 3.8) is 0 Å². The van der Waals surface area contributed by atoms with Crippen molar-refractivity contribution in [2.45, 2.75) is 18.9 Å². The third-order valence-electron chi connectivity index (χ3n) is 2.30. The zero-order valence-corrected chi connectivity index (χ0v) is 7.06. The van der Waals surface area contributed by atoms with Crippen LogP contribution in [0.15, 0.2) is 12.2 Å². The molecule has 1 N–H and O–H groups in total. The Bertz CT molecular complexity index is 202. The molecule has 0 amide bonds. The zero-order chi connectivity index (χ0) is 7.68. The van der Waals surface area contributed by atoms with E-state index in [-0.39, 0.29) is 0 Å². The van der Waals surface area contributed by atoms with Crippen molar-refractivity contribution < 1.29 is 4.74 Å². The van der Waals surface area contributed by atoms with Crippen molar-refractivity contribution in [2.24, 2.45) is 5.92 Å². The van der Waals surface area contributed by atoms with Crippen molar-refractivity contribution in [1.29, 1.82) is 0 Å². The van der Waals surface area contributed by atoms with E-state index < -0.39 is 0 Å². The fraction of sp³-hybridized carbons (Fsp3) is 0.625. The van der Waals surface area contributed by atoms with E-state index in [1.54, 1.807) is 0 Å². The summed E-state index contributed by atoms with van der Waals surface area (Å²) in [6.45, 7) is 0.792. The first-order valence-corrected chi connectivity index (χ1v) is 4.35. The smallest absolute Gasteiger partial charge is 0.256 e. The molecule has 0 spiro atoms. The minimum absolute atomic E-state index is 0.529. The Balaban J connectivity index is 2.06. The molecule has 2 atom stereocenters. The van der Waals surface area contributed by atoms with Gasteiger partial charge < -0.3 is 10.1 Å². The van der Waals surface area contributed by atoms with Crippen molar-refractivity contribution in [3.05, 3.63) is 12.2 Å². The van der Waals surface area contributed by atoms with Crippen LogP contribution in [0.1, 0.15) is 12.8 Å². The molecule has 2 nitrogen and oxygen atoms in total. The van der Waals surface area contributed by atoms with Gasteiger partial charge >= 0.3 is 0 Å². The van der Waals surface area contributed by atoms with Gasteiger partial charge in [-0.05, 0) is 25.1 Å². The predicted octanol–water partition coefficient (Wildman–Crippen LogP) is 1.23. The first kappa shape index (κ1) is 7.10. The number of fused-ring (bicyclic) bond motifs is 1. The summed E-state index contributed by atoms with van der Waals surface area (Å²) in [7, 11) is 0. The molecule has 1 heterocycles. The monoisotopic (exact) mass is 169 g/mol.